The first kappa shape index (κ1) is 22.7. The molecule has 1 heterocycles. The number of allylic oxidation sites excluding steroid dienone is 1. The van der Waals surface area contributed by atoms with Crippen LogP contribution in [0.1, 0.15) is 42.2 Å². The molecule has 2 aromatic carbocycles. The van der Waals surface area contributed by atoms with Crippen molar-refractivity contribution in [3.05, 3.63) is 93.3 Å². The molecule has 158 valence electrons. The van der Waals surface area contributed by atoms with E-state index >= 15 is 0 Å². The fourth-order valence-corrected chi connectivity index (χ4v) is 3.92. The Morgan fingerprint density at radius 1 is 1.10 bits per heavy atom. The molecule has 0 saturated heterocycles. The highest BCUT2D eigenvalue weighted by Gasteiger charge is 2.17. The maximum absolute atomic E-state index is 9.80. The summed E-state index contributed by atoms with van der Waals surface area (Å²) in [6.07, 6.45) is 7.18. The van der Waals surface area contributed by atoms with Gasteiger partial charge in [-0.1, -0.05) is 66.8 Å². The van der Waals surface area contributed by atoms with Gasteiger partial charge in [0.15, 0.2) is 0 Å². The van der Waals surface area contributed by atoms with Gasteiger partial charge in [0.1, 0.15) is 0 Å². The molecule has 0 radical (unpaired) electrons. The summed E-state index contributed by atoms with van der Waals surface area (Å²) in [4.78, 5) is 0. The molecule has 3 atom stereocenters. The second-order valence-electron chi connectivity index (χ2n) is 7.34. The summed E-state index contributed by atoms with van der Waals surface area (Å²) in [6.45, 7) is 2.92. The van der Waals surface area contributed by atoms with Crippen LogP contribution in [0.25, 0.3) is 0 Å². The lowest BCUT2D eigenvalue weighted by Gasteiger charge is -2.20. The normalized spacial score (nSPS) is 14.7. The number of hydrogen-bond acceptors (Lipinski definition) is 4. The number of hydrogen-bond donors (Lipinski definition) is 1. The second kappa shape index (κ2) is 11.4. The Morgan fingerprint density at radius 2 is 1.83 bits per heavy atom. The number of aliphatic hydroxyl groups is 1. The smallest absolute Gasteiger partial charge is 0.0924 e. The first-order chi connectivity index (χ1) is 14.6. The van der Waals surface area contributed by atoms with Crippen LogP contribution in [0.4, 0.5) is 0 Å². The molecule has 5 nitrogen and oxygen atoms in total. The van der Waals surface area contributed by atoms with E-state index in [-0.39, 0.29) is 24.5 Å². The number of ether oxygens (including phenoxy) is 1. The Morgan fingerprint density at radius 3 is 2.50 bits per heavy atom. The van der Waals surface area contributed by atoms with Gasteiger partial charge < -0.3 is 9.84 Å². The molecule has 1 N–H and O–H groups in total. The SMILES string of the molecule is CO[C@H](c1ccc(I)cc1)[C@H](C)/C=C/CCn1cc(C(CO)c2ccccc2)nn1. The quantitative estimate of drug-likeness (QED) is 0.305. The standard InChI is InChI=1S/C24H28IN3O2/c1-18(24(30-2)20-11-13-21(25)14-12-20)8-6-7-15-28-16-23(26-27-28)22(17-29)19-9-4-3-5-10-19/h3-6,8-14,16,18,22,24,29H,7,15,17H2,1-2H3/b8-6+/t18-,22?,24+/m1/s1. The van der Waals surface area contributed by atoms with Gasteiger partial charge in [-0.2, -0.15) is 0 Å². The van der Waals surface area contributed by atoms with Crippen LogP contribution < -0.4 is 0 Å². The molecule has 0 spiro atoms. The van der Waals surface area contributed by atoms with Gasteiger partial charge in [0.25, 0.3) is 0 Å². The summed E-state index contributed by atoms with van der Waals surface area (Å²) in [6, 6.07) is 18.4. The van der Waals surface area contributed by atoms with Crippen molar-refractivity contribution in [2.75, 3.05) is 13.7 Å². The average molecular weight is 517 g/mol. The zero-order chi connectivity index (χ0) is 21.3. The van der Waals surface area contributed by atoms with Crippen molar-refractivity contribution in [1.82, 2.24) is 15.0 Å². The van der Waals surface area contributed by atoms with Crippen molar-refractivity contribution < 1.29 is 9.84 Å². The zero-order valence-electron chi connectivity index (χ0n) is 17.4. The van der Waals surface area contributed by atoms with Crippen LogP contribution >= 0.6 is 22.6 Å². The van der Waals surface area contributed by atoms with Crippen molar-refractivity contribution >= 4 is 22.6 Å². The third-order valence-corrected chi connectivity index (χ3v) is 5.91. The average Bonchev–Trinajstić information content (AvgIpc) is 3.23. The number of nitrogens with zero attached hydrogens (tertiary/aromatic N) is 3. The molecule has 3 aromatic rings. The molecule has 0 fully saturated rings. The van der Waals surface area contributed by atoms with Crippen molar-refractivity contribution in [3.63, 3.8) is 0 Å². The number of aromatic nitrogens is 3. The minimum Gasteiger partial charge on any atom is -0.395 e. The van der Waals surface area contributed by atoms with Gasteiger partial charge in [0, 0.05) is 29.3 Å². The van der Waals surface area contributed by atoms with E-state index in [0.717, 1.165) is 24.2 Å². The minimum atomic E-state index is -0.146. The third kappa shape index (κ3) is 6.00. The summed E-state index contributed by atoms with van der Waals surface area (Å²) in [5.74, 6) is 0.116. The van der Waals surface area contributed by atoms with Gasteiger partial charge in [-0.25, -0.2) is 0 Å². The number of aryl methyl sites for hydroxylation is 1. The lowest BCUT2D eigenvalue weighted by Crippen LogP contribution is -2.10. The first-order valence-corrected chi connectivity index (χ1v) is 11.2. The zero-order valence-corrected chi connectivity index (χ0v) is 19.5. The van der Waals surface area contributed by atoms with E-state index in [1.165, 1.54) is 9.13 Å². The first-order valence-electron chi connectivity index (χ1n) is 10.1. The largest absolute Gasteiger partial charge is 0.395 e. The highest BCUT2D eigenvalue weighted by Crippen LogP contribution is 2.27. The van der Waals surface area contributed by atoms with Crippen molar-refractivity contribution in [2.45, 2.75) is 31.9 Å². The number of halogens is 1. The van der Waals surface area contributed by atoms with E-state index in [9.17, 15) is 5.11 Å². The predicted molar refractivity (Wildman–Crippen MR) is 127 cm³/mol. The Balaban J connectivity index is 1.56. The van der Waals surface area contributed by atoms with E-state index in [0.29, 0.717) is 0 Å². The van der Waals surface area contributed by atoms with Gasteiger partial charge in [-0.15, -0.1) is 5.10 Å². The van der Waals surface area contributed by atoms with Crippen LogP contribution in [0, 0.1) is 9.49 Å². The number of methoxy groups -OCH3 is 1. The van der Waals surface area contributed by atoms with E-state index in [4.69, 9.17) is 4.74 Å². The van der Waals surface area contributed by atoms with Crippen LogP contribution in [0.2, 0.25) is 0 Å². The van der Waals surface area contributed by atoms with Gasteiger partial charge >= 0.3 is 0 Å². The Kier molecular flexibility index (Phi) is 8.60. The number of benzene rings is 2. The van der Waals surface area contributed by atoms with Crippen molar-refractivity contribution in [1.29, 1.82) is 0 Å². The molecule has 6 heteroatoms. The number of aliphatic hydroxyl groups excluding tert-OH is 1. The van der Waals surface area contributed by atoms with Crippen molar-refractivity contribution in [2.24, 2.45) is 5.92 Å². The Bertz CT molecular complexity index is 925. The summed E-state index contributed by atoms with van der Waals surface area (Å²) in [7, 11) is 1.76. The monoisotopic (exact) mass is 517 g/mol. The minimum absolute atomic E-state index is 0.0110. The predicted octanol–water partition coefficient (Wildman–Crippen LogP) is 4.98. The van der Waals surface area contributed by atoms with Crippen LogP contribution in [0.5, 0.6) is 0 Å². The topological polar surface area (TPSA) is 60.2 Å². The van der Waals surface area contributed by atoms with Gasteiger partial charge in [-0.3, -0.25) is 4.68 Å². The Labute approximate surface area is 191 Å². The lowest BCUT2D eigenvalue weighted by molar-refractivity contribution is 0.0740. The summed E-state index contributed by atoms with van der Waals surface area (Å²) >= 11 is 2.31. The molecule has 0 aliphatic carbocycles. The van der Waals surface area contributed by atoms with Gasteiger partial charge in [-0.05, 0) is 52.3 Å². The number of rotatable bonds is 10. The molecule has 1 unspecified atom stereocenters. The maximum atomic E-state index is 9.80. The van der Waals surface area contributed by atoms with E-state index in [1.54, 1.807) is 7.11 Å². The third-order valence-electron chi connectivity index (χ3n) is 5.19. The molecular formula is C24H28IN3O2. The lowest BCUT2D eigenvalue weighted by atomic mass is 9.96. The molecule has 3 rings (SSSR count). The Hall–Kier alpha value is -2.03. The maximum Gasteiger partial charge on any atom is 0.0924 e. The molecule has 0 aliphatic heterocycles. The molecular weight excluding hydrogens is 489 g/mol. The highest BCUT2D eigenvalue weighted by molar-refractivity contribution is 14.1. The molecule has 0 amide bonds. The molecule has 1 aromatic heterocycles. The highest BCUT2D eigenvalue weighted by atomic mass is 127. The molecule has 0 bridgehead atoms. The van der Waals surface area contributed by atoms with Gasteiger partial charge in [0.05, 0.1) is 24.3 Å². The fraction of sp³-hybridized carbons (Fsp3) is 0.333. The summed E-state index contributed by atoms with van der Waals surface area (Å²) < 4.78 is 8.79. The molecule has 0 aliphatic rings. The van der Waals surface area contributed by atoms with Crippen molar-refractivity contribution in [3.8, 4) is 0 Å². The van der Waals surface area contributed by atoms with E-state index < -0.39 is 0 Å². The van der Waals surface area contributed by atoms with Gasteiger partial charge in [0.2, 0.25) is 0 Å². The van der Waals surface area contributed by atoms with E-state index in [2.05, 4.69) is 76.2 Å². The van der Waals surface area contributed by atoms with Crippen LogP contribution in [0.15, 0.2) is 72.9 Å². The van der Waals surface area contributed by atoms with E-state index in [1.807, 2.05) is 41.2 Å². The van der Waals surface area contributed by atoms with Crippen LogP contribution in [-0.4, -0.2) is 33.8 Å². The fourth-order valence-electron chi connectivity index (χ4n) is 3.56. The van der Waals surface area contributed by atoms with Crippen LogP contribution in [-0.2, 0) is 11.3 Å². The summed E-state index contributed by atoms with van der Waals surface area (Å²) in [5, 5.41) is 18.3. The summed E-state index contributed by atoms with van der Waals surface area (Å²) in [5.41, 5.74) is 3.02. The molecule has 30 heavy (non-hydrogen) atoms. The molecule has 0 saturated carbocycles. The second-order valence-corrected chi connectivity index (χ2v) is 8.58. The van der Waals surface area contributed by atoms with Crippen LogP contribution in [0.3, 0.4) is 0 Å².